The number of allylic oxidation sites excluding steroid dienone is 3. The van der Waals surface area contributed by atoms with Gasteiger partial charge in [-0.2, -0.15) is 0 Å². The molecular formula is C58H98LiN9O16Si. The van der Waals surface area contributed by atoms with Crippen LogP contribution in [0.5, 0.6) is 0 Å². The molecule has 6 aliphatic rings. The second-order valence-corrected chi connectivity index (χ2v) is 28.8. The fourth-order valence-electron chi connectivity index (χ4n) is 9.71. The summed E-state index contributed by atoms with van der Waals surface area (Å²) in [6, 6.07) is -3.75. The van der Waals surface area contributed by atoms with Gasteiger partial charge in [0.15, 0.2) is 8.32 Å². The van der Waals surface area contributed by atoms with Crippen molar-refractivity contribution in [3.8, 4) is 0 Å². The van der Waals surface area contributed by atoms with E-state index in [0.717, 1.165) is 57.8 Å². The van der Waals surface area contributed by atoms with Crippen LogP contribution in [0.3, 0.4) is 0 Å². The van der Waals surface area contributed by atoms with E-state index in [1.807, 2.05) is 30.4 Å². The molecule has 27 heteroatoms. The second kappa shape index (κ2) is 34.7. The van der Waals surface area contributed by atoms with Gasteiger partial charge in [-0.25, -0.2) is 28.8 Å². The molecule has 0 saturated heterocycles. The van der Waals surface area contributed by atoms with Gasteiger partial charge in [0.05, 0.1) is 13.2 Å². The van der Waals surface area contributed by atoms with Crippen molar-refractivity contribution < 1.29 is 96.7 Å². The standard InChI is InChI=1S/C24H43N3O5Si.C18H29N3O5.C16H25N3O5.Li.H2O/c1-8-31-21(29)24-17-18(24)13-11-9-10-12-15-27(5)22(30)25-19(20(28)26-24)14-16-32-33(6,7)23(2,3)4;1-3-26-16(24)18-12-13(18)8-6-4-5-7-10-21(2)17(25)19-14(9-11-22)15(23)20-18;1-19-8-5-3-2-4-6-11-10-16(11,14(22)23)18-13(21)12(7-9-20)17-15(19)24;;/h11,13,18-19H,8-10,12,14-17H2,1-7H3,(H,25,30)(H,26,28);6,8,13-14,22H,3-5,7,9-12H2,1-2H3,(H,19,25)(H,20,23);4,6,11-12,20H,2-3,5,7-10H2,1H3,(H,17,24)(H,18,21)(H,22,23);;1H2/q;;;+1;/p-1/b13-11-;8-6-;6-4-;;/t18-,19+,24-;13-,14+,18-;11-,12+,16-;;/m111../s1. The molecule has 476 valence electrons. The molecule has 3 fully saturated rings. The number of aliphatic hydroxyl groups is 2. The van der Waals surface area contributed by atoms with Crippen molar-refractivity contribution in [3.63, 3.8) is 0 Å². The number of nitrogens with zero attached hydrogens (tertiary/aromatic N) is 3. The van der Waals surface area contributed by atoms with Crippen molar-refractivity contribution in [2.45, 2.75) is 184 Å². The average Bonchev–Trinajstić information content (AvgIpc) is 1.74. The van der Waals surface area contributed by atoms with Crippen LogP contribution in [0.25, 0.3) is 0 Å². The Morgan fingerprint density at radius 3 is 1.21 bits per heavy atom. The van der Waals surface area contributed by atoms with Crippen LogP contribution in [-0.4, -0.2) is 206 Å². The molecule has 10 N–H and O–H groups in total. The number of carboxylic acids is 1. The first kappa shape index (κ1) is 75.6. The zero-order valence-electron chi connectivity index (χ0n) is 52.2. The van der Waals surface area contributed by atoms with Crippen LogP contribution in [0, 0.1) is 17.8 Å². The number of aliphatic hydroxyl groups excluding tert-OH is 2. The molecule has 9 amide bonds. The third-order valence-corrected chi connectivity index (χ3v) is 21.1. The van der Waals surface area contributed by atoms with Gasteiger partial charge in [-0.15, -0.1) is 0 Å². The molecule has 0 aromatic heterocycles. The first-order valence-corrected chi connectivity index (χ1v) is 32.5. The van der Waals surface area contributed by atoms with Crippen LogP contribution in [0.2, 0.25) is 18.1 Å². The van der Waals surface area contributed by atoms with Crippen molar-refractivity contribution in [2.24, 2.45) is 17.8 Å². The number of rotatable bonds is 13. The smallest absolute Gasteiger partial charge is 0.870 e. The number of fused-ring (bicyclic) bond motifs is 3. The van der Waals surface area contributed by atoms with Crippen LogP contribution < -0.4 is 50.8 Å². The van der Waals surface area contributed by atoms with Crippen LogP contribution in [0.4, 0.5) is 14.4 Å². The number of ether oxygens (including phenoxy) is 2. The molecule has 0 radical (unpaired) electrons. The summed E-state index contributed by atoms with van der Waals surface area (Å²) in [6.07, 6.45) is 21.5. The number of carbonyl (C=O) groups excluding carboxylic acids is 8. The zero-order chi connectivity index (χ0) is 61.8. The molecular weight excluding hydrogens is 1110 g/mol. The Labute approximate surface area is 514 Å². The van der Waals surface area contributed by atoms with E-state index in [1.54, 1.807) is 39.9 Å². The molecule has 0 spiro atoms. The minimum Gasteiger partial charge on any atom is -0.870 e. The molecule has 85 heavy (non-hydrogen) atoms. The van der Waals surface area contributed by atoms with Crippen molar-refractivity contribution in [2.75, 3.05) is 73.8 Å². The van der Waals surface area contributed by atoms with E-state index < -0.39 is 78.8 Å². The van der Waals surface area contributed by atoms with Crippen molar-refractivity contribution in [3.05, 3.63) is 36.5 Å². The van der Waals surface area contributed by atoms with Gasteiger partial charge in [-0.1, -0.05) is 57.2 Å². The Balaban J connectivity index is 0.000000436. The number of hydrogen-bond acceptors (Lipinski definition) is 15. The maximum absolute atomic E-state index is 13.3. The fraction of sp³-hybridized carbons (Fsp3) is 0.741. The van der Waals surface area contributed by atoms with Gasteiger partial charge < -0.3 is 81.3 Å². The predicted octanol–water partition coefficient (Wildman–Crippen LogP) is 1.05. The van der Waals surface area contributed by atoms with Gasteiger partial charge in [0.1, 0.15) is 34.7 Å². The molecule has 3 saturated carbocycles. The number of carboxylic acid groups (broad SMARTS) is 1. The average molecular weight is 1210 g/mol. The van der Waals surface area contributed by atoms with E-state index in [-0.39, 0.29) is 104 Å². The van der Waals surface area contributed by atoms with Gasteiger partial charge in [-0.05, 0) is 128 Å². The summed E-state index contributed by atoms with van der Waals surface area (Å²) in [7, 11) is 3.04. The molecule has 0 aromatic rings. The number of aliphatic carboxylic acids is 1. The fourth-order valence-corrected chi connectivity index (χ4v) is 10.8. The van der Waals surface area contributed by atoms with Crippen molar-refractivity contribution in [1.29, 1.82) is 0 Å². The number of hydrogen-bond donors (Lipinski definition) is 9. The zero-order valence-corrected chi connectivity index (χ0v) is 53.2. The van der Waals surface area contributed by atoms with E-state index in [2.05, 4.69) is 71.8 Å². The maximum atomic E-state index is 13.3. The molecule has 0 aromatic carbocycles. The monoisotopic (exact) mass is 1210 g/mol. The molecule has 3 heterocycles. The maximum Gasteiger partial charge on any atom is 1.00 e. The Morgan fingerprint density at radius 1 is 0.576 bits per heavy atom. The summed E-state index contributed by atoms with van der Waals surface area (Å²) in [4.78, 5) is 117. The van der Waals surface area contributed by atoms with Gasteiger partial charge in [0, 0.05) is 78.4 Å². The number of amides is 9. The van der Waals surface area contributed by atoms with Crippen LogP contribution >= 0.6 is 0 Å². The number of esters is 2. The number of carbonyl (C=O) groups is 9. The molecule has 0 unspecified atom stereocenters. The molecule has 6 rings (SSSR count). The first-order valence-electron chi connectivity index (χ1n) is 29.6. The molecule has 25 nitrogen and oxygen atoms in total. The van der Waals surface area contributed by atoms with E-state index >= 15 is 0 Å². The normalized spacial score (nSPS) is 29.7. The van der Waals surface area contributed by atoms with Gasteiger partial charge in [0.2, 0.25) is 17.7 Å². The first-order chi connectivity index (χ1) is 39.2. The largest absolute Gasteiger partial charge is 1.00 e. The van der Waals surface area contributed by atoms with E-state index in [1.165, 1.54) is 9.80 Å². The Kier molecular flexibility index (Phi) is 30.9. The van der Waals surface area contributed by atoms with Crippen LogP contribution in [0.15, 0.2) is 36.5 Å². The minimum absolute atomic E-state index is 0. The van der Waals surface area contributed by atoms with E-state index in [0.29, 0.717) is 51.9 Å². The number of nitrogens with one attached hydrogen (secondary N) is 6. The van der Waals surface area contributed by atoms with E-state index in [9.17, 15) is 53.4 Å². The Morgan fingerprint density at radius 2 is 0.894 bits per heavy atom. The van der Waals surface area contributed by atoms with Crippen LogP contribution in [-0.2, 0) is 42.7 Å². The van der Waals surface area contributed by atoms with Crippen molar-refractivity contribution in [1.82, 2.24) is 46.6 Å². The van der Waals surface area contributed by atoms with Crippen molar-refractivity contribution >= 4 is 62.0 Å². The summed E-state index contributed by atoms with van der Waals surface area (Å²) in [5.74, 6) is -3.84. The molecule has 3 aliphatic carbocycles. The Bertz CT molecular complexity index is 2360. The summed E-state index contributed by atoms with van der Waals surface area (Å²) < 4.78 is 16.7. The SMILES string of the molecule is CCOC(=O)[C@@]12C[C@H]1/C=C\CCCCN(C)C(=O)N[C@@H](CCO)C(=O)N2.CCOC(=O)[C@@]12C[C@H]1/C=C\CCCCN(C)C(=O)N[C@@H](CCO[Si](C)(C)C(C)(C)C)C(=O)N2.CN1CCCC/C=C\[C@@H]2C[C@@]2(C(=O)O)NC(=O)[C@H](CCO)NC1=O.[Li+].[OH-]. The summed E-state index contributed by atoms with van der Waals surface area (Å²) in [5, 5.41) is 44.2. The molecule has 0 bridgehead atoms. The molecule has 9 atom stereocenters. The summed E-state index contributed by atoms with van der Waals surface area (Å²) in [5.41, 5.74) is -3.43. The molecule has 3 aliphatic heterocycles. The number of urea groups is 3. The summed E-state index contributed by atoms with van der Waals surface area (Å²) in [6.45, 7) is 16.3. The quantitative estimate of drug-likeness (QED) is 0.0707. The third-order valence-electron chi connectivity index (χ3n) is 16.6. The Hall–Kier alpha value is -5.50. The van der Waals surface area contributed by atoms with Gasteiger partial charge in [0.25, 0.3) is 0 Å². The van der Waals surface area contributed by atoms with E-state index in [4.69, 9.17) is 19.0 Å². The van der Waals surface area contributed by atoms with Gasteiger partial charge >= 0.3 is 54.9 Å². The van der Waals surface area contributed by atoms with Crippen LogP contribution in [0.1, 0.15) is 131 Å². The topological polar surface area (TPSA) is 354 Å². The summed E-state index contributed by atoms with van der Waals surface area (Å²) >= 11 is 0. The second-order valence-electron chi connectivity index (χ2n) is 24.0. The third kappa shape index (κ3) is 21.7. The predicted molar refractivity (Wildman–Crippen MR) is 315 cm³/mol. The van der Waals surface area contributed by atoms with Gasteiger partial charge in [-0.3, -0.25) is 14.4 Å². The minimum atomic E-state index is -2.00.